The number of carbonyl (C=O) groups is 1. The molecule has 1 saturated heterocycles. The lowest BCUT2D eigenvalue weighted by Crippen LogP contribution is -2.44. The molecule has 188 valence electrons. The number of ketones is 1. The van der Waals surface area contributed by atoms with Crippen LogP contribution in [0.1, 0.15) is 41.6 Å². The van der Waals surface area contributed by atoms with Gasteiger partial charge < -0.3 is 18.9 Å². The molecule has 0 saturated carbocycles. The van der Waals surface area contributed by atoms with E-state index in [9.17, 15) is 4.79 Å². The standard InChI is InChI=1S/C29H30O5S2/c1-31-21-12-10-20(11-13-21)29(28(30)27-24(33-3)16-22(32-2)17-25(27)34-29)23(19-8-5-4-6-9-19)18-26-35-14-7-15-36-26/h4-6,8-13,16-17,23,26H,7,14-15,18H2,1-3H3/i17D. The molecule has 2 heterocycles. The molecular weight excluding hydrogens is 492 g/mol. The molecule has 0 bridgehead atoms. The Morgan fingerprint density at radius 1 is 1.00 bits per heavy atom. The lowest BCUT2D eigenvalue weighted by Gasteiger charge is -2.38. The summed E-state index contributed by atoms with van der Waals surface area (Å²) in [5, 5.41) is 0. The fourth-order valence-corrected chi connectivity index (χ4v) is 7.97. The maximum absolute atomic E-state index is 14.7. The topological polar surface area (TPSA) is 54.0 Å². The van der Waals surface area contributed by atoms with Gasteiger partial charge in [-0.25, -0.2) is 0 Å². The molecule has 7 heteroatoms. The van der Waals surface area contributed by atoms with Gasteiger partial charge in [-0.15, -0.1) is 23.5 Å². The maximum atomic E-state index is 14.7. The Balaban J connectivity index is 1.74. The number of rotatable bonds is 8. The van der Waals surface area contributed by atoms with E-state index in [1.165, 1.54) is 20.6 Å². The molecule has 0 aromatic heterocycles. The van der Waals surface area contributed by atoms with Crippen molar-refractivity contribution in [2.75, 3.05) is 32.8 Å². The molecule has 36 heavy (non-hydrogen) atoms. The average Bonchev–Trinajstić information content (AvgIpc) is 3.27. The molecule has 0 spiro atoms. The normalized spacial score (nSPS) is 20.8. The minimum atomic E-state index is -1.38. The van der Waals surface area contributed by atoms with Crippen molar-refractivity contribution >= 4 is 29.3 Å². The van der Waals surface area contributed by atoms with Crippen LogP contribution in [0, 0.1) is 0 Å². The summed E-state index contributed by atoms with van der Waals surface area (Å²) in [5.74, 6) is 3.22. The van der Waals surface area contributed by atoms with Crippen LogP contribution in [0.5, 0.6) is 23.0 Å². The molecule has 2 unspecified atom stereocenters. The van der Waals surface area contributed by atoms with Crippen LogP contribution in [0.2, 0.25) is 0 Å². The van der Waals surface area contributed by atoms with Gasteiger partial charge in [0, 0.05) is 23.6 Å². The van der Waals surface area contributed by atoms with Gasteiger partial charge in [-0.05, 0) is 42.0 Å². The van der Waals surface area contributed by atoms with Gasteiger partial charge in [-0.2, -0.15) is 0 Å². The van der Waals surface area contributed by atoms with Crippen LogP contribution in [-0.4, -0.2) is 43.2 Å². The second-order valence-corrected chi connectivity index (χ2v) is 11.6. The Morgan fingerprint density at radius 2 is 1.69 bits per heavy atom. The van der Waals surface area contributed by atoms with Crippen LogP contribution in [0.4, 0.5) is 0 Å². The Hall–Kier alpha value is -2.77. The smallest absolute Gasteiger partial charge is 0.219 e. The third-order valence-corrected chi connectivity index (χ3v) is 9.77. The van der Waals surface area contributed by atoms with E-state index in [2.05, 4.69) is 12.1 Å². The molecule has 2 atom stereocenters. The van der Waals surface area contributed by atoms with E-state index in [0.29, 0.717) is 21.8 Å². The summed E-state index contributed by atoms with van der Waals surface area (Å²) in [6, 6.07) is 19.2. The Kier molecular flexibility index (Phi) is 7.01. The monoisotopic (exact) mass is 523 g/mol. The first-order chi connectivity index (χ1) is 18.0. The highest BCUT2D eigenvalue weighted by Crippen LogP contribution is 2.55. The lowest BCUT2D eigenvalue weighted by atomic mass is 9.72. The first-order valence-corrected chi connectivity index (χ1v) is 14.0. The lowest BCUT2D eigenvalue weighted by molar-refractivity contribution is 0.0408. The van der Waals surface area contributed by atoms with E-state index in [-0.39, 0.29) is 29.1 Å². The Labute approximate surface area is 222 Å². The van der Waals surface area contributed by atoms with Crippen molar-refractivity contribution in [3.05, 3.63) is 83.4 Å². The van der Waals surface area contributed by atoms with Crippen LogP contribution in [0.15, 0.2) is 66.7 Å². The van der Waals surface area contributed by atoms with Crippen LogP contribution in [0.3, 0.4) is 0 Å². The van der Waals surface area contributed by atoms with Gasteiger partial charge in [0.25, 0.3) is 0 Å². The van der Waals surface area contributed by atoms with E-state index < -0.39 is 5.60 Å². The zero-order valence-electron chi connectivity index (χ0n) is 21.6. The van der Waals surface area contributed by atoms with Crippen LogP contribution in [-0.2, 0) is 5.60 Å². The molecule has 0 amide bonds. The van der Waals surface area contributed by atoms with Gasteiger partial charge in [-0.1, -0.05) is 42.5 Å². The van der Waals surface area contributed by atoms with Crippen molar-refractivity contribution < 1.29 is 25.1 Å². The summed E-state index contributed by atoms with van der Waals surface area (Å²) >= 11 is 3.88. The molecule has 0 radical (unpaired) electrons. The quantitative estimate of drug-likeness (QED) is 0.332. The van der Waals surface area contributed by atoms with Crippen molar-refractivity contribution in [1.29, 1.82) is 0 Å². The Bertz CT molecular complexity index is 1260. The highest BCUT2D eigenvalue weighted by atomic mass is 32.2. The minimum absolute atomic E-state index is 0.0373. The molecular formula is C29H30O5S2. The number of benzene rings is 3. The number of hydrogen-bond donors (Lipinski definition) is 0. The highest BCUT2D eigenvalue weighted by molar-refractivity contribution is 8.17. The second-order valence-electron chi connectivity index (χ2n) is 8.73. The predicted octanol–water partition coefficient (Wildman–Crippen LogP) is 6.55. The third kappa shape index (κ3) is 4.43. The molecule has 3 aromatic rings. The SMILES string of the molecule is [2H]c1c(OC)cc(OC)c2c1OC(c1ccc(OC)cc1)(C(CC1SCCCS1)c1ccccc1)C2=O. The fraction of sp³-hybridized carbons (Fsp3) is 0.345. The van der Waals surface area contributed by atoms with Crippen LogP contribution >= 0.6 is 23.5 Å². The summed E-state index contributed by atoms with van der Waals surface area (Å²) in [5.41, 5.74) is 0.636. The van der Waals surface area contributed by atoms with Crippen molar-refractivity contribution in [3.63, 3.8) is 0 Å². The minimum Gasteiger partial charge on any atom is -0.497 e. The fourth-order valence-electron chi connectivity index (χ4n) is 5.02. The van der Waals surface area contributed by atoms with E-state index in [4.69, 9.17) is 20.3 Å². The average molecular weight is 524 g/mol. The van der Waals surface area contributed by atoms with Gasteiger partial charge in [0.05, 0.1) is 27.3 Å². The number of thioether (sulfide) groups is 2. The van der Waals surface area contributed by atoms with E-state index in [1.54, 1.807) is 13.2 Å². The number of hydrogen-bond acceptors (Lipinski definition) is 7. The first-order valence-electron chi connectivity index (χ1n) is 12.5. The molecule has 5 rings (SSSR count). The number of ether oxygens (including phenoxy) is 4. The maximum Gasteiger partial charge on any atom is 0.219 e. The number of fused-ring (bicyclic) bond motifs is 1. The first kappa shape index (κ1) is 23.6. The Morgan fingerprint density at radius 3 is 2.33 bits per heavy atom. The van der Waals surface area contributed by atoms with Gasteiger partial charge in [-0.3, -0.25) is 4.79 Å². The molecule has 2 aliphatic heterocycles. The third-order valence-electron chi connectivity index (χ3n) is 6.78. The molecule has 3 aromatic carbocycles. The molecule has 5 nitrogen and oxygen atoms in total. The van der Waals surface area contributed by atoms with Gasteiger partial charge in [0.2, 0.25) is 11.4 Å². The molecule has 0 N–H and O–H groups in total. The summed E-state index contributed by atoms with van der Waals surface area (Å²) < 4.78 is 32.4. The van der Waals surface area contributed by atoms with Crippen molar-refractivity contribution in [2.24, 2.45) is 0 Å². The van der Waals surface area contributed by atoms with Crippen molar-refractivity contribution in [1.82, 2.24) is 0 Å². The summed E-state index contributed by atoms with van der Waals surface area (Å²) in [6.07, 6.45) is 1.92. The second kappa shape index (κ2) is 10.7. The summed E-state index contributed by atoms with van der Waals surface area (Å²) in [7, 11) is 4.63. The number of carbonyl (C=O) groups excluding carboxylic acids is 1. The van der Waals surface area contributed by atoms with Gasteiger partial charge in [0.15, 0.2) is 0 Å². The van der Waals surface area contributed by atoms with Crippen LogP contribution < -0.4 is 18.9 Å². The number of methoxy groups -OCH3 is 3. The van der Waals surface area contributed by atoms with Crippen LogP contribution in [0.25, 0.3) is 0 Å². The molecule has 0 aliphatic carbocycles. The van der Waals surface area contributed by atoms with E-state index in [1.807, 2.05) is 66.0 Å². The van der Waals surface area contributed by atoms with E-state index >= 15 is 0 Å². The summed E-state index contributed by atoms with van der Waals surface area (Å²) in [4.78, 5) is 14.7. The number of Topliss-reactive ketones (excluding diaryl/α,β-unsaturated/α-hetero) is 1. The zero-order chi connectivity index (χ0) is 26.0. The summed E-state index contributed by atoms with van der Waals surface area (Å²) in [6.45, 7) is 0. The van der Waals surface area contributed by atoms with E-state index in [0.717, 1.165) is 29.1 Å². The van der Waals surface area contributed by atoms with Gasteiger partial charge >= 0.3 is 0 Å². The largest absolute Gasteiger partial charge is 0.497 e. The van der Waals surface area contributed by atoms with Crippen molar-refractivity contribution in [2.45, 2.75) is 28.9 Å². The molecule has 1 fully saturated rings. The molecule has 2 aliphatic rings. The zero-order valence-corrected chi connectivity index (χ0v) is 22.2. The van der Waals surface area contributed by atoms with Crippen molar-refractivity contribution in [3.8, 4) is 23.0 Å². The van der Waals surface area contributed by atoms with Gasteiger partial charge in [0.1, 0.15) is 28.6 Å². The highest BCUT2D eigenvalue weighted by Gasteiger charge is 2.57. The predicted molar refractivity (Wildman–Crippen MR) is 146 cm³/mol.